The molecule has 0 amide bonds. The fraction of sp³-hybridized carbons (Fsp3) is 0.333. The van der Waals surface area contributed by atoms with Crippen LogP contribution in [-0.4, -0.2) is 18.3 Å². The predicted molar refractivity (Wildman–Crippen MR) is 44.8 cm³/mol. The van der Waals surface area contributed by atoms with E-state index in [1.54, 1.807) is 0 Å². The van der Waals surface area contributed by atoms with Crippen LogP contribution in [0.5, 0.6) is 0 Å². The van der Waals surface area contributed by atoms with Crippen molar-refractivity contribution in [2.75, 3.05) is 18.5 Å². The average Bonchev–Trinajstić information content (AvgIpc) is 2.47. The summed E-state index contributed by atoms with van der Waals surface area (Å²) in [5, 5.41) is 12.2. The number of rotatable bonds is 1. The molecule has 2 N–H and O–H groups in total. The van der Waals surface area contributed by atoms with E-state index in [0.29, 0.717) is 5.92 Å². The molecular formula is C9H11NO. The van der Waals surface area contributed by atoms with Gasteiger partial charge in [0.25, 0.3) is 0 Å². The second-order valence-electron chi connectivity index (χ2n) is 2.85. The summed E-state index contributed by atoms with van der Waals surface area (Å²) >= 11 is 0. The molecule has 58 valence electrons. The van der Waals surface area contributed by atoms with Crippen molar-refractivity contribution in [3.63, 3.8) is 0 Å². The molecule has 0 radical (unpaired) electrons. The molecule has 0 aliphatic carbocycles. The third kappa shape index (κ3) is 0.994. The first-order chi connectivity index (χ1) is 5.42. The first kappa shape index (κ1) is 6.68. The van der Waals surface area contributed by atoms with Crippen molar-refractivity contribution in [1.29, 1.82) is 0 Å². The molecular weight excluding hydrogens is 138 g/mol. The maximum absolute atomic E-state index is 8.97. The van der Waals surface area contributed by atoms with Gasteiger partial charge in [-0.25, -0.2) is 0 Å². The Kier molecular flexibility index (Phi) is 1.55. The summed E-state index contributed by atoms with van der Waals surface area (Å²) in [6.07, 6.45) is 0. The largest absolute Gasteiger partial charge is 0.396 e. The quantitative estimate of drug-likeness (QED) is 0.628. The number of hydrogen-bond donors (Lipinski definition) is 2. The van der Waals surface area contributed by atoms with Crippen molar-refractivity contribution in [3.05, 3.63) is 29.8 Å². The van der Waals surface area contributed by atoms with Crippen LogP contribution in [0.4, 0.5) is 5.69 Å². The summed E-state index contributed by atoms with van der Waals surface area (Å²) < 4.78 is 0. The van der Waals surface area contributed by atoms with Crippen molar-refractivity contribution in [2.24, 2.45) is 0 Å². The zero-order valence-corrected chi connectivity index (χ0v) is 6.25. The fourth-order valence-corrected chi connectivity index (χ4v) is 1.52. The normalized spacial score (nSPS) is 21.0. The van der Waals surface area contributed by atoms with E-state index in [1.165, 1.54) is 11.3 Å². The minimum absolute atomic E-state index is 0.240. The van der Waals surface area contributed by atoms with Gasteiger partial charge in [-0.1, -0.05) is 18.2 Å². The first-order valence-corrected chi connectivity index (χ1v) is 3.85. The smallest absolute Gasteiger partial charge is 0.0517 e. The van der Waals surface area contributed by atoms with E-state index in [-0.39, 0.29) is 6.61 Å². The molecule has 0 spiro atoms. The van der Waals surface area contributed by atoms with Gasteiger partial charge in [0.15, 0.2) is 0 Å². The van der Waals surface area contributed by atoms with E-state index in [0.717, 1.165) is 6.54 Å². The van der Waals surface area contributed by atoms with Crippen LogP contribution in [0, 0.1) is 0 Å². The van der Waals surface area contributed by atoms with Crippen LogP contribution >= 0.6 is 0 Å². The van der Waals surface area contributed by atoms with Gasteiger partial charge >= 0.3 is 0 Å². The van der Waals surface area contributed by atoms with Gasteiger partial charge in [0, 0.05) is 18.2 Å². The van der Waals surface area contributed by atoms with E-state index < -0.39 is 0 Å². The second-order valence-corrected chi connectivity index (χ2v) is 2.85. The molecule has 0 aromatic heterocycles. The number of nitrogens with one attached hydrogen (secondary N) is 1. The summed E-state index contributed by atoms with van der Waals surface area (Å²) in [5.41, 5.74) is 2.42. The molecule has 2 rings (SSSR count). The molecule has 2 nitrogen and oxygen atoms in total. The Hall–Kier alpha value is -1.02. The van der Waals surface area contributed by atoms with Gasteiger partial charge in [0.1, 0.15) is 0 Å². The van der Waals surface area contributed by atoms with Crippen LogP contribution in [-0.2, 0) is 0 Å². The lowest BCUT2D eigenvalue weighted by Gasteiger charge is -2.03. The highest BCUT2D eigenvalue weighted by atomic mass is 16.3. The molecule has 0 saturated carbocycles. The molecule has 11 heavy (non-hydrogen) atoms. The zero-order valence-electron chi connectivity index (χ0n) is 6.25. The molecule has 0 saturated heterocycles. The minimum Gasteiger partial charge on any atom is -0.396 e. The number of benzene rings is 1. The van der Waals surface area contributed by atoms with Crippen molar-refractivity contribution in [1.82, 2.24) is 0 Å². The number of aliphatic hydroxyl groups excluding tert-OH is 1. The lowest BCUT2D eigenvalue weighted by atomic mass is 10.0. The number of para-hydroxylation sites is 1. The van der Waals surface area contributed by atoms with Crippen LogP contribution < -0.4 is 5.32 Å². The van der Waals surface area contributed by atoms with Gasteiger partial charge in [-0.05, 0) is 11.6 Å². The topological polar surface area (TPSA) is 32.3 Å². The van der Waals surface area contributed by atoms with Crippen LogP contribution in [0.2, 0.25) is 0 Å². The van der Waals surface area contributed by atoms with Gasteiger partial charge < -0.3 is 10.4 Å². The molecule has 1 heterocycles. The van der Waals surface area contributed by atoms with Crippen LogP contribution in [0.15, 0.2) is 24.3 Å². The maximum Gasteiger partial charge on any atom is 0.0517 e. The number of hydrogen-bond acceptors (Lipinski definition) is 2. The molecule has 1 aliphatic rings. The van der Waals surface area contributed by atoms with E-state index in [2.05, 4.69) is 11.4 Å². The third-order valence-corrected chi connectivity index (χ3v) is 2.16. The van der Waals surface area contributed by atoms with Crippen LogP contribution in [0.25, 0.3) is 0 Å². The lowest BCUT2D eigenvalue weighted by Crippen LogP contribution is -2.05. The number of aliphatic hydroxyl groups is 1. The Labute approximate surface area is 65.9 Å². The highest BCUT2D eigenvalue weighted by Gasteiger charge is 2.19. The van der Waals surface area contributed by atoms with Gasteiger partial charge in [-0.2, -0.15) is 0 Å². The Morgan fingerprint density at radius 1 is 1.45 bits per heavy atom. The van der Waals surface area contributed by atoms with Crippen molar-refractivity contribution >= 4 is 5.69 Å². The summed E-state index contributed by atoms with van der Waals surface area (Å²) in [6.45, 7) is 1.11. The maximum atomic E-state index is 8.97. The van der Waals surface area contributed by atoms with Gasteiger partial charge in [0.2, 0.25) is 0 Å². The minimum atomic E-state index is 0.240. The third-order valence-electron chi connectivity index (χ3n) is 2.16. The Morgan fingerprint density at radius 3 is 3.09 bits per heavy atom. The lowest BCUT2D eigenvalue weighted by molar-refractivity contribution is 0.273. The summed E-state index contributed by atoms with van der Waals surface area (Å²) in [4.78, 5) is 0. The molecule has 0 unspecified atom stereocenters. The summed E-state index contributed by atoms with van der Waals surface area (Å²) in [6, 6.07) is 8.13. The molecule has 0 fully saturated rings. The standard InChI is InChI=1S/C9H11NO/c11-6-7-5-10-9-4-2-1-3-8(7)9/h1-4,7,10-11H,5-6H2/t7-/m1/s1. The van der Waals surface area contributed by atoms with Crippen molar-refractivity contribution in [2.45, 2.75) is 5.92 Å². The summed E-state index contributed by atoms with van der Waals surface area (Å²) in [7, 11) is 0. The summed E-state index contributed by atoms with van der Waals surface area (Å²) in [5.74, 6) is 0.297. The molecule has 1 atom stereocenters. The van der Waals surface area contributed by atoms with Crippen LogP contribution in [0.1, 0.15) is 11.5 Å². The monoisotopic (exact) mass is 149 g/mol. The van der Waals surface area contributed by atoms with Gasteiger partial charge in [0.05, 0.1) is 6.61 Å². The average molecular weight is 149 g/mol. The van der Waals surface area contributed by atoms with E-state index in [4.69, 9.17) is 5.11 Å². The zero-order chi connectivity index (χ0) is 7.68. The number of fused-ring (bicyclic) bond motifs is 1. The van der Waals surface area contributed by atoms with Crippen LogP contribution in [0.3, 0.4) is 0 Å². The molecule has 0 bridgehead atoms. The van der Waals surface area contributed by atoms with Crippen molar-refractivity contribution < 1.29 is 5.11 Å². The SMILES string of the molecule is OC[C@H]1CNc2ccccc21. The Balaban J connectivity index is 2.39. The second kappa shape index (κ2) is 2.55. The van der Waals surface area contributed by atoms with Crippen molar-refractivity contribution in [3.8, 4) is 0 Å². The Morgan fingerprint density at radius 2 is 2.27 bits per heavy atom. The van der Waals surface area contributed by atoms with E-state index in [9.17, 15) is 0 Å². The Bertz CT molecular complexity index is 259. The van der Waals surface area contributed by atoms with E-state index >= 15 is 0 Å². The van der Waals surface area contributed by atoms with Gasteiger partial charge in [-0.3, -0.25) is 0 Å². The predicted octanol–water partition coefficient (Wildman–Crippen LogP) is 1.19. The number of anilines is 1. The molecule has 2 heteroatoms. The fourth-order valence-electron chi connectivity index (χ4n) is 1.52. The van der Waals surface area contributed by atoms with E-state index in [1.807, 2.05) is 18.2 Å². The molecule has 1 aromatic carbocycles. The highest BCUT2D eigenvalue weighted by molar-refractivity contribution is 5.57. The first-order valence-electron chi connectivity index (χ1n) is 3.85. The molecule has 1 aliphatic heterocycles. The van der Waals surface area contributed by atoms with Gasteiger partial charge in [-0.15, -0.1) is 0 Å². The highest BCUT2D eigenvalue weighted by Crippen LogP contribution is 2.29. The molecule has 1 aromatic rings.